The number of non-ortho nitro benzene ring substituents is 1. The minimum Gasteiger partial charge on any atom is -0.478 e. The van der Waals surface area contributed by atoms with Gasteiger partial charge in [-0.15, -0.1) is 0 Å². The molecule has 27 heavy (non-hydrogen) atoms. The molecule has 0 aliphatic rings. The lowest BCUT2D eigenvalue weighted by atomic mass is 10.2. The number of hydrogen-bond donors (Lipinski definition) is 4. The maximum atomic E-state index is 10.3. The van der Waals surface area contributed by atoms with Crippen molar-refractivity contribution in [3.63, 3.8) is 0 Å². The van der Waals surface area contributed by atoms with Crippen molar-refractivity contribution in [1.82, 2.24) is 0 Å². The highest BCUT2D eigenvalue weighted by atomic mass is 32.2. The molecule has 0 aromatic heterocycles. The molecule has 0 bridgehead atoms. The van der Waals surface area contributed by atoms with E-state index in [-0.39, 0.29) is 11.3 Å². The number of hydrogen-bond acceptors (Lipinski definition) is 9. The van der Waals surface area contributed by atoms with Crippen molar-refractivity contribution >= 4 is 42.0 Å². The number of nitro benzene ring substituents is 1. The lowest BCUT2D eigenvalue weighted by molar-refractivity contribution is -0.384. The fourth-order valence-electron chi connectivity index (χ4n) is 0.726. The van der Waals surface area contributed by atoms with Crippen LogP contribution in [0.15, 0.2) is 24.3 Å². The van der Waals surface area contributed by atoms with Crippen LogP contribution in [0.4, 0.5) is 5.69 Å². The third-order valence-corrected chi connectivity index (χ3v) is 1.33. The van der Waals surface area contributed by atoms with Crippen LogP contribution in [0.3, 0.4) is 0 Å². The second-order valence-corrected chi connectivity index (χ2v) is 8.71. The van der Waals surface area contributed by atoms with Crippen molar-refractivity contribution in [1.29, 1.82) is 0 Å². The Bertz CT molecular complexity index is 787. The number of aromatic carboxylic acids is 1. The van der Waals surface area contributed by atoms with Gasteiger partial charge in [0, 0.05) is 12.1 Å². The summed E-state index contributed by atoms with van der Waals surface area (Å²) in [6.45, 7) is 0. The van der Waals surface area contributed by atoms with E-state index in [2.05, 4.69) is 0 Å². The monoisotopic (exact) mass is 455 g/mol. The molecule has 0 aliphatic heterocycles. The van der Waals surface area contributed by atoms with Gasteiger partial charge in [0.25, 0.3) is 36.0 Å². The fourth-order valence-corrected chi connectivity index (χ4v) is 0.726. The van der Waals surface area contributed by atoms with Crippen LogP contribution in [0.1, 0.15) is 10.4 Å². The van der Waals surface area contributed by atoms with E-state index in [9.17, 15) is 40.2 Å². The summed E-state index contributed by atoms with van der Waals surface area (Å²) in [5, 5.41) is 18.6. The molecule has 0 aliphatic carbocycles. The number of rotatable bonds is 2. The molecule has 17 heteroatoms. The summed E-state index contributed by atoms with van der Waals surface area (Å²) in [5.74, 6) is -1.09. The molecule has 0 saturated heterocycles. The van der Waals surface area contributed by atoms with E-state index in [4.69, 9.17) is 18.8 Å². The first kappa shape index (κ1) is 29.6. The molecule has 0 spiro atoms. The van der Waals surface area contributed by atoms with Crippen molar-refractivity contribution in [2.45, 2.75) is 0 Å². The molecule has 4 N–H and O–H groups in total. The van der Waals surface area contributed by atoms with E-state index < -0.39 is 41.2 Å². The van der Waals surface area contributed by atoms with Crippen LogP contribution < -0.4 is 0 Å². The molecule has 14 nitrogen and oxygen atoms in total. The maximum Gasteiger partial charge on any atom is 0.335 e. The minimum atomic E-state index is -3.67. The van der Waals surface area contributed by atoms with Gasteiger partial charge in [0.1, 0.15) is 0 Å². The van der Waals surface area contributed by atoms with E-state index >= 15 is 0 Å². The van der Waals surface area contributed by atoms with E-state index in [1.807, 2.05) is 0 Å². The van der Waals surface area contributed by atoms with E-state index in [1.165, 1.54) is 12.1 Å². The van der Waals surface area contributed by atoms with Gasteiger partial charge in [-0.3, -0.25) is 23.8 Å². The summed E-state index contributed by atoms with van der Waals surface area (Å²) >= 11 is 0. The Balaban J connectivity index is -0.000000323. The molecule has 1 aromatic carbocycles. The predicted molar refractivity (Wildman–Crippen MR) is 92.5 cm³/mol. The second kappa shape index (κ2) is 12.3. The van der Waals surface area contributed by atoms with Crippen LogP contribution in [0.25, 0.3) is 0 Å². The third kappa shape index (κ3) is 45.3. The Hall–Kier alpha value is -2.18. The Morgan fingerprint density at radius 3 is 1.19 bits per heavy atom. The van der Waals surface area contributed by atoms with Gasteiger partial charge < -0.3 is 5.11 Å². The average molecular weight is 455 g/mol. The van der Waals surface area contributed by atoms with Crippen molar-refractivity contribution in [2.24, 2.45) is 0 Å². The van der Waals surface area contributed by atoms with Gasteiger partial charge in [0.15, 0.2) is 0 Å². The van der Waals surface area contributed by atoms with Gasteiger partial charge in [0.05, 0.1) is 29.3 Å². The minimum absolute atomic E-state index is 0.0422. The Kier molecular flexibility index (Phi) is 13.4. The van der Waals surface area contributed by atoms with Gasteiger partial charge in [-0.1, -0.05) is 0 Å². The second-order valence-electron chi connectivity index (χ2n) is 4.31. The molecule has 0 radical (unpaired) electrons. The first-order chi connectivity index (χ1) is 11.6. The van der Waals surface area contributed by atoms with Crippen LogP contribution in [-0.2, 0) is 30.4 Å². The quantitative estimate of drug-likeness (QED) is 0.257. The summed E-state index contributed by atoms with van der Waals surface area (Å²) in [4.78, 5) is 19.9. The van der Waals surface area contributed by atoms with Gasteiger partial charge in [-0.05, 0) is 12.1 Å². The lowest BCUT2D eigenvalue weighted by Crippen LogP contribution is -1.96. The smallest absolute Gasteiger partial charge is 0.335 e. The molecule has 0 heterocycles. The van der Waals surface area contributed by atoms with Crippen molar-refractivity contribution in [2.75, 3.05) is 18.8 Å². The topological polar surface area (TPSA) is 244 Å². The highest BCUT2D eigenvalue weighted by Crippen LogP contribution is 2.11. The summed E-state index contributed by atoms with van der Waals surface area (Å²) in [5.41, 5.74) is -0.0689. The van der Waals surface area contributed by atoms with Crippen LogP contribution >= 0.6 is 0 Å². The average Bonchev–Trinajstić information content (AvgIpc) is 2.32. The zero-order chi connectivity index (χ0) is 22.6. The van der Waals surface area contributed by atoms with E-state index in [0.717, 1.165) is 12.1 Å². The van der Waals surface area contributed by atoms with Crippen LogP contribution in [0, 0.1) is 10.1 Å². The van der Waals surface area contributed by atoms with Crippen LogP contribution in [-0.4, -0.2) is 73.7 Å². The lowest BCUT2D eigenvalue weighted by Gasteiger charge is -1.92. The largest absolute Gasteiger partial charge is 0.478 e. The van der Waals surface area contributed by atoms with Crippen LogP contribution in [0.5, 0.6) is 0 Å². The van der Waals surface area contributed by atoms with Gasteiger partial charge in [0.2, 0.25) is 0 Å². The SMILES string of the molecule is CS(=O)(=O)O.CS(=O)(=O)O.CS(=O)(=O)O.O=C(O)c1ccc([N+](=O)[O-])cc1. The van der Waals surface area contributed by atoms with Gasteiger partial charge in [-0.2, -0.15) is 25.3 Å². The standard InChI is InChI=1S/C7H5NO4.3CH4O3S/c9-7(10)5-1-3-6(4-2-5)8(11)12;3*1-5(2,3)4/h1-4H,(H,9,10);3*1H3,(H,2,3,4). The molecular formula is C10H17NO13S3. The Morgan fingerprint density at radius 2 is 1.04 bits per heavy atom. The molecule has 0 unspecified atom stereocenters. The molecule has 0 amide bonds. The molecule has 1 rings (SSSR count). The van der Waals surface area contributed by atoms with Crippen molar-refractivity contribution in [3.8, 4) is 0 Å². The maximum absolute atomic E-state index is 10.3. The third-order valence-electron chi connectivity index (χ3n) is 1.33. The number of carboxylic acids is 1. The molecular weight excluding hydrogens is 438 g/mol. The number of nitro groups is 1. The summed E-state index contributed by atoms with van der Waals surface area (Å²) in [6.07, 6.45) is 2.15. The normalized spacial score (nSPS) is 10.6. The summed E-state index contributed by atoms with van der Waals surface area (Å²) in [6, 6.07) is 4.70. The molecule has 0 fully saturated rings. The number of nitrogens with zero attached hydrogens (tertiary/aromatic N) is 1. The first-order valence-electron chi connectivity index (χ1n) is 5.86. The first-order valence-corrected chi connectivity index (χ1v) is 11.4. The van der Waals surface area contributed by atoms with Gasteiger partial charge >= 0.3 is 5.97 Å². The molecule has 0 atom stereocenters. The zero-order valence-corrected chi connectivity index (χ0v) is 16.4. The highest BCUT2D eigenvalue weighted by Gasteiger charge is 2.06. The van der Waals surface area contributed by atoms with Crippen LogP contribution in [0.2, 0.25) is 0 Å². The van der Waals surface area contributed by atoms with Crippen molar-refractivity contribution in [3.05, 3.63) is 39.9 Å². The Morgan fingerprint density at radius 1 is 0.815 bits per heavy atom. The van der Waals surface area contributed by atoms with E-state index in [0.29, 0.717) is 18.8 Å². The number of carboxylic acid groups (broad SMARTS) is 1. The molecule has 1 aromatic rings. The fraction of sp³-hybridized carbons (Fsp3) is 0.300. The predicted octanol–water partition coefficient (Wildman–Crippen LogP) is -0.195. The van der Waals surface area contributed by atoms with Crippen molar-refractivity contribution < 1.29 is 53.7 Å². The van der Waals surface area contributed by atoms with E-state index in [1.54, 1.807) is 0 Å². The number of carbonyl (C=O) groups is 1. The highest BCUT2D eigenvalue weighted by molar-refractivity contribution is 7.85. The Labute approximate surface area is 154 Å². The number of benzene rings is 1. The zero-order valence-electron chi connectivity index (χ0n) is 13.9. The summed E-state index contributed by atoms with van der Waals surface area (Å²) in [7, 11) is -11.0. The van der Waals surface area contributed by atoms with Gasteiger partial charge in [-0.25, -0.2) is 4.79 Å². The molecule has 0 saturated carbocycles. The summed E-state index contributed by atoms with van der Waals surface area (Å²) < 4.78 is 77.6. The molecule has 158 valence electrons.